The van der Waals surface area contributed by atoms with Gasteiger partial charge in [-0.05, 0) is 60.4 Å². The van der Waals surface area contributed by atoms with Gasteiger partial charge >= 0.3 is 11.9 Å². The van der Waals surface area contributed by atoms with E-state index in [9.17, 15) is 9.59 Å². The zero-order valence-corrected chi connectivity index (χ0v) is 33.0. The van der Waals surface area contributed by atoms with Crippen LogP contribution in [0.1, 0.15) is 67.9 Å². The van der Waals surface area contributed by atoms with Gasteiger partial charge in [0.2, 0.25) is 0 Å². The van der Waals surface area contributed by atoms with Crippen molar-refractivity contribution in [3.63, 3.8) is 0 Å². The summed E-state index contributed by atoms with van der Waals surface area (Å²) in [6, 6.07) is 46.5. The SMILES string of the molecule is CCOC(=O)c1cc(OCc2ccccc2)c(CSCc2cc(OCc3ccccc3)c(C(=O)OCC)cc2OCc2ccccc2)cc1OCc1ccccc1. The molecular weight excluding hydrogens is 737 g/mol. The Morgan fingerprint density at radius 1 is 0.421 bits per heavy atom. The first kappa shape index (κ1) is 40.5. The maximum absolute atomic E-state index is 13.3. The third-order valence-electron chi connectivity index (χ3n) is 8.78. The number of rotatable bonds is 20. The highest BCUT2D eigenvalue weighted by molar-refractivity contribution is 7.97. The molecule has 0 bridgehead atoms. The molecule has 0 amide bonds. The van der Waals surface area contributed by atoms with E-state index in [2.05, 4.69) is 0 Å². The van der Waals surface area contributed by atoms with Crippen molar-refractivity contribution in [2.75, 3.05) is 13.2 Å². The number of thioether (sulfide) groups is 1. The molecule has 0 unspecified atom stereocenters. The molecule has 0 N–H and O–H groups in total. The lowest BCUT2D eigenvalue weighted by Crippen LogP contribution is -2.10. The van der Waals surface area contributed by atoms with Crippen LogP contribution in [-0.4, -0.2) is 25.2 Å². The molecule has 6 aromatic carbocycles. The summed E-state index contributed by atoms with van der Waals surface area (Å²) >= 11 is 1.62. The summed E-state index contributed by atoms with van der Waals surface area (Å²) < 4.78 is 36.3. The average molecular weight is 783 g/mol. The van der Waals surface area contributed by atoms with Crippen LogP contribution in [0.2, 0.25) is 0 Å². The summed E-state index contributed by atoms with van der Waals surface area (Å²) in [4.78, 5) is 26.6. The number of esters is 2. The quantitative estimate of drug-likeness (QED) is 0.0702. The molecule has 0 atom stereocenters. The van der Waals surface area contributed by atoms with Gasteiger partial charge in [-0.25, -0.2) is 9.59 Å². The van der Waals surface area contributed by atoms with Gasteiger partial charge in [0.15, 0.2) is 0 Å². The Kier molecular flexibility index (Phi) is 15.1. The van der Waals surface area contributed by atoms with E-state index in [0.29, 0.717) is 47.7 Å². The van der Waals surface area contributed by atoms with Crippen molar-refractivity contribution in [3.05, 3.63) is 190 Å². The van der Waals surface area contributed by atoms with Crippen molar-refractivity contribution in [3.8, 4) is 23.0 Å². The third-order valence-corrected chi connectivity index (χ3v) is 9.81. The van der Waals surface area contributed by atoms with E-state index < -0.39 is 11.9 Å². The standard InChI is InChI=1S/C48H46O8S/c1-3-51-47(49)41-27-43(53-29-35-17-9-5-10-18-35)39(25-45(41)55-31-37-21-13-7-14-22-37)33-57-34-40-26-46(56-32-38-23-15-8-16-24-38)42(48(50)52-4-2)28-44(40)54-30-36-19-11-6-12-20-36/h5-28H,3-4,29-34H2,1-2H3. The highest BCUT2D eigenvalue weighted by atomic mass is 32.2. The fraction of sp³-hybridized carbons (Fsp3) is 0.208. The van der Waals surface area contributed by atoms with Crippen LogP contribution in [-0.2, 0) is 47.4 Å². The molecule has 0 aromatic heterocycles. The molecule has 0 aliphatic heterocycles. The second kappa shape index (κ2) is 21.2. The number of hydrogen-bond donors (Lipinski definition) is 0. The third kappa shape index (κ3) is 11.9. The van der Waals surface area contributed by atoms with E-state index in [-0.39, 0.29) is 37.6 Å². The molecule has 0 heterocycles. The molecular formula is C48H46O8S. The fourth-order valence-corrected chi connectivity index (χ4v) is 6.88. The van der Waals surface area contributed by atoms with Crippen molar-refractivity contribution in [2.24, 2.45) is 0 Å². The van der Waals surface area contributed by atoms with Crippen LogP contribution in [0.25, 0.3) is 0 Å². The van der Waals surface area contributed by atoms with Crippen LogP contribution >= 0.6 is 11.8 Å². The highest BCUT2D eigenvalue weighted by Crippen LogP contribution is 2.37. The first-order chi connectivity index (χ1) is 28.0. The topological polar surface area (TPSA) is 89.5 Å². The molecule has 0 aliphatic carbocycles. The number of carbonyl (C=O) groups excluding carboxylic acids is 2. The minimum Gasteiger partial charge on any atom is -0.489 e. The molecule has 0 saturated carbocycles. The maximum atomic E-state index is 13.3. The van der Waals surface area contributed by atoms with Gasteiger partial charge in [0.1, 0.15) is 60.6 Å². The van der Waals surface area contributed by atoms with Gasteiger partial charge in [0, 0.05) is 22.6 Å². The number of benzene rings is 6. The molecule has 6 rings (SSSR count). The van der Waals surface area contributed by atoms with Crippen LogP contribution in [0.5, 0.6) is 23.0 Å². The van der Waals surface area contributed by atoms with Gasteiger partial charge in [-0.15, -0.1) is 0 Å². The molecule has 57 heavy (non-hydrogen) atoms. The van der Waals surface area contributed by atoms with Gasteiger partial charge in [-0.2, -0.15) is 11.8 Å². The van der Waals surface area contributed by atoms with Crippen LogP contribution in [0.15, 0.2) is 146 Å². The van der Waals surface area contributed by atoms with Crippen molar-refractivity contribution in [2.45, 2.75) is 51.8 Å². The highest BCUT2D eigenvalue weighted by Gasteiger charge is 2.22. The van der Waals surface area contributed by atoms with E-state index >= 15 is 0 Å². The monoisotopic (exact) mass is 782 g/mol. The summed E-state index contributed by atoms with van der Waals surface area (Å²) in [6.45, 7) is 5.13. The van der Waals surface area contributed by atoms with Crippen LogP contribution < -0.4 is 18.9 Å². The molecule has 0 saturated heterocycles. The van der Waals surface area contributed by atoms with Crippen molar-refractivity contribution < 1.29 is 38.0 Å². The lowest BCUT2D eigenvalue weighted by atomic mass is 10.1. The molecule has 0 spiro atoms. The summed E-state index contributed by atoms with van der Waals surface area (Å²) in [6.07, 6.45) is 0. The van der Waals surface area contributed by atoms with Crippen molar-refractivity contribution >= 4 is 23.7 Å². The number of hydrogen-bond acceptors (Lipinski definition) is 9. The molecule has 0 fully saturated rings. The smallest absolute Gasteiger partial charge is 0.342 e. The molecule has 9 heteroatoms. The first-order valence-corrected chi connectivity index (χ1v) is 20.1. The van der Waals surface area contributed by atoms with Crippen LogP contribution in [0.4, 0.5) is 0 Å². The molecule has 292 valence electrons. The van der Waals surface area contributed by atoms with Crippen molar-refractivity contribution in [1.29, 1.82) is 0 Å². The minimum absolute atomic E-state index is 0.218. The van der Waals surface area contributed by atoms with E-state index in [1.54, 1.807) is 37.7 Å². The average Bonchev–Trinajstić information content (AvgIpc) is 3.25. The predicted octanol–water partition coefficient (Wildman–Crippen LogP) is 10.8. The van der Waals surface area contributed by atoms with Crippen LogP contribution in [0, 0.1) is 0 Å². The Labute approximate surface area is 338 Å². The maximum Gasteiger partial charge on any atom is 0.342 e. The Bertz CT molecular complexity index is 2020. The number of carbonyl (C=O) groups is 2. The predicted molar refractivity (Wildman–Crippen MR) is 223 cm³/mol. The zero-order valence-electron chi connectivity index (χ0n) is 32.2. The van der Waals surface area contributed by atoms with Gasteiger partial charge in [-0.3, -0.25) is 0 Å². The zero-order chi connectivity index (χ0) is 39.7. The van der Waals surface area contributed by atoms with E-state index in [1.165, 1.54) is 0 Å². The van der Waals surface area contributed by atoms with Gasteiger partial charge in [-0.1, -0.05) is 121 Å². The largest absolute Gasteiger partial charge is 0.489 e. The number of ether oxygens (including phenoxy) is 6. The summed E-state index contributed by atoms with van der Waals surface area (Å²) in [7, 11) is 0. The first-order valence-electron chi connectivity index (χ1n) is 18.9. The van der Waals surface area contributed by atoms with Gasteiger partial charge in [0.25, 0.3) is 0 Å². The molecule has 0 aliphatic rings. The molecule has 6 aromatic rings. The Balaban J connectivity index is 1.32. The summed E-state index contributed by atoms with van der Waals surface area (Å²) in [5.74, 6) is 1.91. The Morgan fingerprint density at radius 2 is 0.719 bits per heavy atom. The van der Waals surface area contributed by atoms with E-state index in [4.69, 9.17) is 28.4 Å². The molecule has 8 nitrogen and oxygen atoms in total. The fourth-order valence-electron chi connectivity index (χ4n) is 5.89. The minimum atomic E-state index is -0.491. The van der Waals surface area contributed by atoms with E-state index in [1.807, 2.05) is 133 Å². The summed E-state index contributed by atoms with van der Waals surface area (Å²) in [5.41, 5.74) is 6.16. The van der Waals surface area contributed by atoms with E-state index in [0.717, 1.165) is 33.4 Å². The lowest BCUT2D eigenvalue weighted by Gasteiger charge is -2.19. The summed E-state index contributed by atoms with van der Waals surface area (Å²) in [5, 5.41) is 0. The molecule has 0 radical (unpaired) electrons. The second-order valence-corrected chi connectivity index (χ2v) is 13.9. The second-order valence-electron chi connectivity index (χ2n) is 12.9. The lowest BCUT2D eigenvalue weighted by molar-refractivity contribution is 0.0510. The van der Waals surface area contributed by atoms with Crippen LogP contribution in [0.3, 0.4) is 0 Å². The van der Waals surface area contributed by atoms with Gasteiger partial charge < -0.3 is 28.4 Å². The Hall–Kier alpha value is -6.19. The Morgan fingerprint density at radius 3 is 1.02 bits per heavy atom. The normalized spacial score (nSPS) is 10.7. The van der Waals surface area contributed by atoms with Gasteiger partial charge in [0.05, 0.1) is 13.2 Å². The van der Waals surface area contributed by atoms with Crippen molar-refractivity contribution in [1.82, 2.24) is 0 Å².